The van der Waals surface area contributed by atoms with E-state index in [2.05, 4.69) is 13.1 Å². The molecule has 0 aliphatic carbocycles. The van der Waals surface area contributed by atoms with Gasteiger partial charge in [0.1, 0.15) is 24.9 Å². The maximum atomic E-state index is 10.2. The number of aliphatic hydroxyl groups is 1. The summed E-state index contributed by atoms with van der Waals surface area (Å²) < 4.78 is 21.5. The average Bonchev–Trinajstić information content (AvgIpc) is 3.09. The van der Waals surface area contributed by atoms with Crippen molar-refractivity contribution in [3.05, 3.63) is 53.6 Å². The average molecular weight is 360 g/mol. The lowest BCUT2D eigenvalue weighted by atomic mass is 10.2. The van der Waals surface area contributed by atoms with Crippen molar-refractivity contribution in [2.45, 2.75) is 19.3 Å². The molecule has 2 N–H and O–H groups in total. The van der Waals surface area contributed by atoms with Crippen LogP contribution in [-0.2, 0) is 17.9 Å². The molecule has 3 rings (SSSR count). The summed E-state index contributed by atoms with van der Waals surface area (Å²) in [6.45, 7) is 2.42. The molecular formula is C20H26NO5+. The van der Waals surface area contributed by atoms with Gasteiger partial charge in [0, 0.05) is 5.56 Å². The first-order chi connectivity index (χ1) is 12.6. The van der Waals surface area contributed by atoms with E-state index in [-0.39, 0.29) is 6.79 Å². The van der Waals surface area contributed by atoms with Gasteiger partial charge in [-0.25, -0.2) is 0 Å². The van der Waals surface area contributed by atoms with Crippen LogP contribution in [0.1, 0.15) is 11.1 Å². The zero-order valence-corrected chi connectivity index (χ0v) is 15.2. The standard InChI is InChI=1S/C20H25NO5/c1-21(10-15-4-3-5-18(8-15)23-2)11-17(22)13-24-12-16-6-7-19-20(9-16)26-14-25-19/h3-9,17,22H,10-14H2,1-2H3/p+1/t17-/m1/s1. The predicted molar refractivity (Wildman–Crippen MR) is 96.7 cm³/mol. The van der Waals surface area contributed by atoms with Crippen LogP contribution in [0.15, 0.2) is 42.5 Å². The van der Waals surface area contributed by atoms with Crippen LogP contribution in [0.2, 0.25) is 0 Å². The molecule has 6 heteroatoms. The fraction of sp³-hybridized carbons (Fsp3) is 0.400. The van der Waals surface area contributed by atoms with Crippen LogP contribution in [-0.4, -0.2) is 45.3 Å². The second kappa shape index (κ2) is 8.89. The third-order valence-electron chi connectivity index (χ3n) is 4.24. The van der Waals surface area contributed by atoms with Crippen LogP contribution in [0.25, 0.3) is 0 Å². The lowest BCUT2D eigenvalue weighted by Gasteiger charge is -2.18. The van der Waals surface area contributed by atoms with E-state index in [9.17, 15) is 5.11 Å². The molecule has 2 aromatic carbocycles. The van der Waals surface area contributed by atoms with Gasteiger partial charge >= 0.3 is 0 Å². The highest BCUT2D eigenvalue weighted by Gasteiger charge is 2.15. The van der Waals surface area contributed by atoms with E-state index >= 15 is 0 Å². The predicted octanol–water partition coefficient (Wildman–Crippen LogP) is 1.02. The Bertz CT molecular complexity index is 721. The molecule has 0 aromatic heterocycles. The largest absolute Gasteiger partial charge is 0.497 e. The van der Waals surface area contributed by atoms with Crippen LogP contribution >= 0.6 is 0 Å². The van der Waals surface area contributed by atoms with Gasteiger partial charge in [0.05, 0.1) is 27.4 Å². The Morgan fingerprint density at radius 2 is 1.96 bits per heavy atom. The second-order valence-electron chi connectivity index (χ2n) is 6.55. The molecule has 1 heterocycles. The van der Waals surface area contributed by atoms with Crippen molar-refractivity contribution in [2.75, 3.05) is 34.1 Å². The molecule has 6 nitrogen and oxygen atoms in total. The number of benzene rings is 2. The number of likely N-dealkylation sites (N-methyl/N-ethyl adjacent to an activating group) is 1. The quantitative estimate of drug-likeness (QED) is 0.699. The van der Waals surface area contributed by atoms with Crippen LogP contribution in [0, 0.1) is 0 Å². The SMILES string of the molecule is COc1cccc(C[NH+](C)C[C@@H](O)COCc2ccc3c(c2)OCO3)c1. The molecule has 1 aliphatic heterocycles. The third kappa shape index (κ3) is 5.11. The van der Waals surface area contributed by atoms with Crippen LogP contribution in [0.5, 0.6) is 17.2 Å². The molecule has 0 bridgehead atoms. The first-order valence-corrected chi connectivity index (χ1v) is 8.72. The van der Waals surface area contributed by atoms with Gasteiger partial charge in [0.25, 0.3) is 0 Å². The molecule has 0 saturated carbocycles. The Kier molecular flexibility index (Phi) is 6.33. The zero-order chi connectivity index (χ0) is 18.4. The minimum Gasteiger partial charge on any atom is -0.497 e. The van der Waals surface area contributed by atoms with Crippen molar-refractivity contribution in [3.8, 4) is 17.2 Å². The number of hydrogen-bond donors (Lipinski definition) is 2. The normalized spacial score (nSPS) is 14.9. The number of rotatable bonds is 9. The van der Waals surface area contributed by atoms with Gasteiger partial charge in [-0.3, -0.25) is 0 Å². The number of methoxy groups -OCH3 is 1. The lowest BCUT2D eigenvalue weighted by Crippen LogP contribution is -3.08. The van der Waals surface area contributed by atoms with Gasteiger partial charge in [-0.2, -0.15) is 0 Å². The molecule has 0 amide bonds. The molecule has 1 unspecified atom stereocenters. The van der Waals surface area contributed by atoms with E-state index in [0.717, 1.165) is 29.4 Å². The lowest BCUT2D eigenvalue weighted by molar-refractivity contribution is -0.897. The van der Waals surface area contributed by atoms with E-state index in [1.54, 1.807) is 7.11 Å². The number of aliphatic hydroxyl groups excluding tert-OH is 1. The Morgan fingerprint density at radius 3 is 2.81 bits per heavy atom. The fourth-order valence-corrected chi connectivity index (χ4v) is 3.01. The summed E-state index contributed by atoms with van der Waals surface area (Å²) in [5.74, 6) is 2.36. The van der Waals surface area contributed by atoms with Crippen LogP contribution in [0.3, 0.4) is 0 Å². The summed E-state index contributed by atoms with van der Waals surface area (Å²) in [6.07, 6.45) is -0.519. The highest BCUT2D eigenvalue weighted by Crippen LogP contribution is 2.32. The molecule has 26 heavy (non-hydrogen) atoms. The third-order valence-corrected chi connectivity index (χ3v) is 4.24. The Morgan fingerprint density at radius 1 is 1.12 bits per heavy atom. The first kappa shape index (κ1) is 18.5. The molecule has 0 saturated heterocycles. The second-order valence-corrected chi connectivity index (χ2v) is 6.55. The molecule has 2 atom stereocenters. The zero-order valence-electron chi connectivity index (χ0n) is 15.2. The minimum absolute atomic E-state index is 0.265. The number of fused-ring (bicyclic) bond motifs is 1. The molecular weight excluding hydrogens is 334 g/mol. The Labute approximate surface area is 153 Å². The summed E-state index contributed by atoms with van der Waals surface area (Å²) in [6, 6.07) is 13.7. The molecule has 140 valence electrons. The monoisotopic (exact) mass is 360 g/mol. The summed E-state index contributed by atoms with van der Waals surface area (Å²) in [7, 11) is 3.72. The van der Waals surface area contributed by atoms with Crippen molar-refractivity contribution in [1.82, 2.24) is 0 Å². The maximum Gasteiger partial charge on any atom is 0.231 e. The molecule has 1 aliphatic rings. The number of hydrogen-bond acceptors (Lipinski definition) is 5. The van der Waals surface area contributed by atoms with Crippen molar-refractivity contribution < 1.29 is 29.0 Å². The van der Waals surface area contributed by atoms with E-state index in [1.165, 1.54) is 10.5 Å². The summed E-state index contributed by atoms with van der Waals surface area (Å²) in [4.78, 5) is 1.21. The van der Waals surface area contributed by atoms with E-state index in [0.29, 0.717) is 19.8 Å². The van der Waals surface area contributed by atoms with Crippen molar-refractivity contribution in [3.63, 3.8) is 0 Å². The fourth-order valence-electron chi connectivity index (χ4n) is 3.01. The Hall–Kier alpha value is -2.28. The molecule has 0 spiro atoms. The first-order valence-electron chi connectivity index (χ1n) is 8.72. The number of ether oxygens (including phenoxy) is 4. The van der Waals surface area contributed by atoms with Gasteiger partial charge in [0.2, 0.25) is 6.79 Å². The molecule has 0 fully saturated rings. The topological polar surface area (TPSA) is 61.6 Å². The highest BCUT2D eigenvalue weighted by molar-refractivity contribution is 5.44. The Balaban J connectivity index is 1.40. The van der Waals surface area contributed by atoms with Gasteiger partial charge in [-0.05, 0) is 29.8 Å². The van der Waals surface area contributed by atoms with Crippen molar-refractivity contribution in [2.24, 2.45) is 0 Å². The van der Waals surface area contributed by atoms with Crippen molar-refractivity contribution >= 4 is 0 Å². The van der Waals surface area contributed by atoms with Gasteiger partial charge in [0.15, 0.2) is 11.5 Å². The van der Waals surface area contributed by atoms with Gasteiger partial charge in [-0.1, -0.05) is 18.2 Å². The van der Waals surface area contributed by atoms with Gasteiger partial charge < -0.3 is 29.0 Å². The number of quaternary nitrogens is 1. The molecule has 0 radical (unpaired) electrons. The summed E-state index contributed by atoms with van der Waals surface area (Å²) in [5.41, 5.74) is 2.17. The van der Waals surface area contributed by atoms with Crippen LogP contribution < -0.4 is 19.1 Å². The van der Waals surface area contributed by atoms with E-state index < -0.39 is 6.10 Å². The molecule has 2 aromatic rings. The summed E-state index contributed by atoms with van der Waals surface area (Å²) in [5, 5.41) is 10.2. The summed E-state index contributed by atoms with van der Waals surface area (Å²) >= 11 is 0. The minimum atomic E-state index is -0.519. The van der Waals surface area contributed by atoms with E-state index in [4.69, 9.17) is 18.9 Å². The van der Waals surface area contributed by atoms with Gasteiger partial charge in [-0.15, -0.1) is 0 Å². The number of nitrogens with one attached hydrogen (secondary N) is 1. The maximum absolute atomic E-state index is 10.2. The highest BCUT2D eigenvalue weighted by atomic mass is 16.7. The van der Waals surface area contributed by atoms with E-state index in [1.807, 2.05) is 36.4 Å². The van der Waals surface area contributed by atoms with Crippen molar-refractivity contribution in [1.29, 1.82) is 0 Å². The smallest absolute Gasteiger partial charge is 0.231 e. The van der Waals surface area contributed by atoms with Crippen LogP contribution in [0.4, 0.5) is 0 Å².